The average Bonchev–Trinajstić information content (AvgIpc) is 2.28. The number of hydrogen-bond donors (Lipinski definition) is 1. The number of halogens is 1. The summed E-state index contributed by atoms with van der Waals surface area (Å²) in [6.07, 6.45) is 0. The first-order valence-corrected chi connectivity index (χ1v) is 6.74. The van der Waals surface area contributed by atoms with Gasteiger partial charge in [-0.1, -0.05) is 0 Å². The summed E-state index contributed by atoms with van der Waals surface area (Å²) in [4.78, 5) is 11.4. The summed E-state index contributed by atoms with van der Waals surface area (Å²) in [5.74, 6) is 0.340. The zero-order valence-electron chi connectivity index (χ0n) is 10.4. The Labute approximate surface area is 110 Å². The lowest BCUT2D eigenvalue weighted by atomic mass is 10.1. The smallest absolute Gasteiger partial charge is 0.230 e. The lowest BCUT2D eigenvalue weighted by Gasteiger charge is -2.08. The Kier molecular flexibility index (Phi) is 5.66. The van der Waals surface area contributed by atoms with Crippen molar-refractivity contribution in [3.8, 4) is 6.07 Å². The number of amides is 1. The predicted molar refractivity (Wildman–Crippen MR) is 70.6 cm³/mol. The normalized spacial score (nSPS) is 10.2. The standard InChI is InChI=1S/C13H15FN2OS/c1-9(2)16-13(17)8-18-7-11-5-12(14)4-3-10(11)6-15/h3-5,9H,7-8H2,1-2H3,(H,16,17). The highest BCUT2D eigenvalue weighted by Crippen LogP contribution is 2.17. The van der Waals surface area contributed by atoms with Gasteiger partial charge in [0.1, 0.15) is 5.82 Å². The van der Waals surface area contributed by atoms with Crippen molar-refractivity contribution in [2.45, 2.75) is 25.6 Å². The highest BCUT2D eigenvalue weighted by atomic mass is 32.2. The molecule has 1 amide bonds. The van der Waals surface area contributed by atoms with E-state index in [4.69, 9.17) is 5.26 Å². The van der Waals surface area contributed by atoms with Crippen LogP contribution < -0.4 is 5.32 Å². The van der Waals surface area contributed by atoms with Gasteiger partial charge < -0.3 is 5.32 Å². The molecular weight excluding hydrogens is 251 g/mol. The van der Waals surface area contributed by atoms with Crippen molar-refractivity contribution in [3.63, 3.8) is 0 Å². The molecule has 0 aliphatic rings. The van der Waals surface area contributed by atoms with Crippen molar-refractivity contribution < 1.29 is 9.18 Å². The van der Waals surface area contributed by atoms with Crippen LogP contribution in [0.15, 0.2) is 18.2 Å². The van der Waals surface area contributed by atoms with Gasteiger partial charge >= 0.3 is 0 Å². The molecule has 1 aromatic rings. The minimum absolute atomic E-state index is 0.0510. The zero-order valence-corrected chi connectivity index (χ0v) is 11.2. The lowest BCUT2D eigenvalue weighted by molar-refractivity contribution is -0.119. The molecule has 0 aromatic heterocycles. The molecule has 18 heavy (non-hydrogen) atoms. The minimum atomic E-state index is -0.365. The highest BCUT2D eigenvalue weighted by Gasteiger charge is 2.07. The maximum absolute atomic E-state index is 13.0. The molecule has 1 N–H and O–H groups in total. The molecular formula is C13H15FN2OS. The molecule has 0 aliphatic heterocycles. The highest BCUT2D eigenvalue weighted by molar-refractivity contribution is 7.99. The fourth-order valence-electron chi connectivity index (χ4n) is 1.41. The molecule has 0 atom stereocenters. The van der Waals surface area contributed by atoms with Crippen molar-refractivity contribution >= 4 is 17.7 Å². The molecule has 0 fully saturated rings. The SMILES string of the molecule is CC(C)NC(=O)CSCc1cc(F)ccc1C#N. The second kappa shape index (κ2) is 7.02. The summed E-state index contributed by atoms with van der Waals surface area (Å²) >= 11 is 1.36. The van der Waals surface area contributed by atoms with Gasteiger partial charge in [0, 0.05) is 11.8 Å². The molecule has 0 spiro atoms. The number of benzene rings is 1. The van der Waals surface area contributed by atoms with Crippen molar-refractivity contribution in [2.24, 2.45) is 0 Å². The summed E-state index contributed by atoms with van der Waals surface area (Å²) in [5, 5.41) is 11.6. The number of nitriles is 1. The van der Waals surface area contributed by atoms with Gasteiger partial charge in [0.2, 0.25) is 5.91 Å². The first-order chi connectivity index (χ1) is 8.52. The Hall–Kier alpha value is -1.54. The average molecular weight is 266 g/mol. The Morgan fingerprint density at radius 2 is 2.28 bits per heavy atom. The number of hydrogen-bond acceptors (Lipinski definition) is 3. The van der Waals surface area contributed by atoms with Crippen LogP contribution in [0.4, 0.5) is 4.39 Å². The van der Waals surface area contributed by atoms with Gasteiger partial charge in [0.05, 0.1) is 17.4 Å². The number of nitrogens with one attached hydrogen (secondary N) is 1. The zero-order chi connectivity index (χ0) is 13.5. The van der Waals surface area contributed by atoms with Crippen LogP contribution >= 0.6 is 11.8 Å². The van der Waals surface area contributed by atoms with E-state index in [9.17, 15) is 9.18 Å². The van der Waals surface area contributed by atoms with Crippen LogP contribution in [0.2, 0.25) is 0 Å². The largest absolute Gasteiger partial charge is 0.353 e. The third-order valence-electron chi connectivity index (χ3n) is 2.13. The Balaban J connectivity index is 2.51. The van der Waals surface area contributed by atoms with E-state index in [-0.39, 0.29) is 17.8 Å². The first-order valence-electron chi connectivity index (χ1n) is 5.58. The molecule has 0 bridgehead atoms. The van der Waals surface area contributed by atoms with Crippen LogP contribution in [0, 0.1) is 17.1 Å². The van der Waals surface area contributed by atoms with Crippen LogP contribution in [-0.4, -0.2) is 17.7 Å². The minimum Gasteiger partial charge on any atom is -0.353 e. The quantitative estimate of drug-likeness (QED) is 0.890. The van der Waals surface area contributed by atoms with Gasteiger partial charge in [0.25, 0.3) is 0 Å². The summed E-state index contributed by atoms with van der Waals surface area (Å²) in [7, 11) is 0. The summed E-state index contributed by atoms with van der Waals surface area (Å²) in [6.45, 7) is 3.78. The van der Waals surface area contributed by atoms with E-state index in [1.165, 1.54) is 30.0 Å². The maximum Gasteiger partial charge on any atom is 0.230 e. The van der Waals surface area contributed by atoms with Crippen LogP contribution in [0.25, 0.3) is 0 Å². The molecule has 5 heteroatoms. The molecule has 1 rings (SSSR count). The molecule has 0 saturated heterocycles. The molecule has 0 radical (unpaired) electrons. The molecule has 0 heterocycles. The van der Waals surface area contributed by atoms with Gasteiger partial charge in [0.15, 0.2) is 0 Å². The first kappa shape index (κ1) is 14.5. The number of carbonyl (C=O) groups excluding carboxylic acids is 1. The van der Waals surface area contributed by atoms with E-state index in [0.29, 0.717) is 22.6 Å². The van der Waals surface area contributed by atoms with Gasteiger partial charge in [-0.25, -0.2) is 4.39 Å². The lowest BCUT2D eigenvalue weighted by Crippen LogP contribution is -2.31. The number of carbonyl (C=O) groups is 1. The molecule has 1 aromatic carbocycles. The third-order valence-corrected chi connectivity index (χ3v) is 3.11. The molecule has 0 unspecified atom stereocenters. The number of thioether (sulfide) groups is 1. The van der Waals surface area contributed by atoms with Crippen LogP contribution in [-0.2, 0) is 10.5 Å². The molecule has 96 valence electrons. The number of nitrogens with zero attached hydrogens (tertiary/aromatic N) is 1. The van der Waals surface area contributed by atoms with E-state index < -0.39 is 0 Å². The van der Waals surface area contributed by atoms with E-state index in [2.05, 4.69) is 5.32 Å². The topological polar surface area (TPSA) is 52.9 Å². The molecule has 0 saturated carbocycles. The molecule has 0 aliphatic carbocycles. The Morgan fingerprint density at radius 1 is 1.56 bits per heavy atom. The van der Waals surface area contributed by atoms with E-state index >= 15 is 0 Å². The van der Waals surface area contributed by atoms with Crippen molar-refractivity contribution in [3.05, 3.63) is 35.1 Å². The monoisotopic (exact) mass is 266 g/mol. The Bertz CT molecular complexity index is 469. The van der Waals surface area contributed by atoms with Crippen molar-refractivity contribution in [2.75, 3.05) is 5.75 Å². The Morgan fingerprint density at radius 3 is 2.89 bits per heavy atom. The summed E-state index contributed by atoms with van der Waals surface area (Å²) in [5.41, 5.74) is 1.08. The summed E-state index contributed by atoms with van der Waals surface area (Å²) < 4.78 is 13.0. The van der Waals surface area contributed by atoms with Gasteiger partial charge in [-0.3, -0.25) is 4.79 Å². The van der Waals surface area contributed by atoms with Crippen LogP contribution in [0.3, 0.4) is 0 Å². The van der Waals surface area contributed by atoms with Crippen molar-refractivity contribution in [1.29, 1.82) is 5.26 Å². The second-order valence-electron chi connectivity index (χ2n) is 4.13. The predicted octanol–water partition coefficient (Wildman–Crippen LogP) is 2.46. The van der Waals surface area contributed by atoms with Gasteiger partial charge in [-0.15, -0.1) is 11.8 Å². The maximum atomic E-state index is 13.0. The van der Waals surface area contributed by atoms with E-state index in [1.54, 1.807) is 0 Å². The third kappa shape index (κ3) is 4.76. The number of rotatable bonds is 5. The van der Waals surface area contributed by atoms with E-state index in [1.807, 2.05) is 19.9 Å². The van der Waals surface area contributed by atoms with Crippen LogP contribution in [0.5, 0.6) is 0 Å². The fraction of sp³-hybridized carbons (Fsp3) is 0.385. The fourth-order valence-corrected chi connectivity index (χ4v) is 2.24. The van der Waals surface area contributed by atoms with Gasteiger partial charge in [-0.2, -0.15) is 5.26 Å². The van der Waals surface area contributed by atoms with Gasteiger partial charge in [-0.05, 0) is 37.6 Å². The summed E-state index contributed by atoms with van der Waals surface area (Å²) in [6, 6.07) is 6.18. The van der Waals surface area contributed by atoms with Crippen LogP contribution in [0.1, 0.15) is 25.0 Å². The second-order valence-corrected chi connectivity index (χ2v) is 5.11. The van der Waals surface area contributed by atoms with E-state index in [0.717, 1.165) is 0 Å². The molecule has 3 nitrogen and oxygen atoms in total. The van der Waals surface area contributed by atoms with Crippen molar-refractivity contribution in [1.82, 2.24) is 5.32 Å².